The monoisotopic (exact) mass is 352 g/mol. The Kier molecular flexibility index (Phi) is 6.19. The van der Waals surface area contributed by atoms with Crippen LogP contribution >= 0.6 is 0 Å². The van der Waals surface area contributed by atoms with E-state index in [1.54, 1.807) is 17.0 Å². The van der Waals surface area contributed by atoms with E-state index in [0.717, 1.165) is 37.1 Å². The van der Waals surface area contributed by atoms with Crippen molar-refractivity contribution in [2.75, 3.05) is 19.6 Å². The average Bonchev–Trinajstić information content (AvgIpc) is 3.05. The van der Waals surface area contributed by atoms with Gasteiger partial charge in [-0.15, -0.1) is 0 Å². The van der Waals surface area contributed by atoms with Crippen LogP contribution in [-0.2, 0) is 9.59 Å². The number of rotatable bonds is 6. The third-order valence-corrected chi connectivity index (χ3v) is 4.40. The molecule has 0 spiro atoms. The van der Waals surface area contributed by atoms with Crippen LogP contribution in [0.4, 0.5) is 0 Å². The molecule has 6 heteroatoms. The molecule has 1 aliphatic rings. The molecule has 6 nitrogen and oxygen atoms in total. The van der Waals surface area contributed by atoms with Gasteiger partial charge in [0, 0.05) is 43.9 Å². The Balaban J connectivity index is 1.46. The van der Waals surface area contributed by atoms with Crippen molar-refractivity contribution in [2.24, 2.45) is 0 Å². The quantitative estimate of drug-likeness (QED) is 0.812. The number of hydrogen-bond acceptors (Lipinski definition) is 3. The lowest BCUT2D eigenvalue weighted by Crippen LogP contribution is -2.37. The van der Waals surface area contributed by atoms with Gasteiger partial charge in [-0.25, -0.2) is 4.68 Å². The Bertz CT molecular complexity index is 767. The Hall–Kier alpha value is -2.89. The highest BCUT2D eigenvalue weighted by molar-refractivity contribution is 5.91. The summed E-state index contributed by atoms with van der Waals surface area (Å²) in [6, 6.07) is 9.80. The summed E-state index contributed by atoms with van der Waals surface area (Å²) in [7, 11) is 0. The zero-order valence-electron chi connectivity index (χ0n) is 14.8. The van der Waals surface area contributed by atoms with Gasteiger partial charge in [0.15, 0.2) is 0 Å². The van der Waals surface area contributed by atoms with E-state index in [0.29, 0.717) is 19.5 Å². The van der Waals surface area contributed by atoms with E-state index in [2.05, 4.69) is 10.4 Å². The van der Waals surface area contributed by atoms with E-state index in [1.165, 1.54) is 6.08 Å². The second-order valence-electron chi connectivity index (χ2n) is 6.37. The standard InChI is InChI=1S/C20H24N4O2/c25-19(21-12-14-23-13-6-2-5-9-20(23)26)11-10-17-15-22-24(16-17)18-7-3-1-4-8-18/h1,3-4,7-8,10-11,15-16H,2,5-6,9,12-14H2,(H,21,25)/b11-10+. The minimum atomic E-state index is -0.167. The first kappa shape index (κ1) is 17.9. The van der Waals surface area contributed by atoms with Crippen molar-refractivity contribution in [3.63, 3.8) is 0 Å². The van der Waals surface area contributed by atoms with Crippen LogP contribution in [-0.4, -0.2) is 46.1 Å². The summed E-state index contributed by atoms with van der Waals surface area (Å²) in [5.74, 6) is 0.0281. The maximum atomic E-state index is 12.0. The second kappa shape index (κ2) is 8.99. The number of para-hydroxylation sites is 1. The van der Waals surface area contributed by atoms with Crippen molar-refractivity contribution >= 4 is 17.9 Å². The zero-order valence-corrected chi connectivity index (χ0v) is 14.8. The SMILES string of the molecule is O=C(/C=C/c1cnn(-c2ccccc2)c1)NCCN1CCCCCC1=O. The van der Waals surface area contributed by atoms with Crippen molar-refractivity contribution in [3.8, 4) is 5.69 Å². The first-order valence-electron chi connectivity index (χ1n) is 9.06. The normalized spacial score (nSPS) is 15.2. The number of carbonyl (C=O) groups is 2. The molecule has 1 N–H and O–H groups in total. The Morgan fingerprint density at radius 2 is 2.04 bits per heavy atom. The molecule has 0 atom stereocenters. The van der Waals surface area contributed by atoms with Gasteiger partial charge in [-0.1, -0.05) is 24.6 Å². The van der Waals surface area contributed by atoms with Crippen molar-refractivity contribution in [1.29, 1.82) is 0 Å². The highest BCUT2D eigenvalue weighted by Gasteiger charge is 2.15. The lowest BCUT2D eigenvalue weighted by molar-refractivity contribution is -0.131. The molecule has 0 aliphatic carbocycles. The van der Waals surface area contributed by atoms with Crippen LogP contribution in [0.15, 0.2) is 48.8 Å². The Morgan fingerprint density at radius 1 is 1.19 bits per heavy atom. The van der Waals surface area contributed by atoms with Gasteiger partial charge in [0.25, 0.3) is 0 Å². The molecule has 3 rings (SSSR count). The van der Waals surface area contributed by atoms with Crippen LogP contribution in [0.3, 0.4) is 0 Å². The molecule has 0 radical (unpaired) electrons. The maximum absolute atomic E-state index is 12.0. The van der Waals surface area contributed by atoms with E-state index in [4.69, 9.17) is 0 Å². The molecule has 2 heterocycles. The van der Waals surface area contributed by atoms with Gasteiger partial charge >= 0.3 is 0 Å². The van der Waals surface area contributed by atoms with E-state index < -0.39 is 0 Å². The predicted molar refractivity (Wildman–Crippen MR) is 101 cm³/mol. The number of carbonyl (C=O) groups excluding carboxylic acids is 2. The summed E-state index contributed by atoms with van der Waals surface area (Å²) in [4.78, 5) is 25.7. The van der Waals surface area contributed by atoms with E-state index in [1.807, 2.05) is 41.4 Å². The number of hydrogen-bond donors (Lipinski definition) is 1. The van der Waals surface area contributed by atoms with Gasteiger partial charge in [-0.3, -0.25) is 9.59 Å². The van der Waals surface area contributed by atoms with Crippen LogP contribution in [0.25, 0.3) is 11.8 Å². The first-order valence-corrected chi connectivity index (χ1v) is 9.06. The molecule has 1 aliphatic heterocycles. The fraction of sp³-hybridized carbons (Fsp3) is 0.350. The Labute approximate surface area is 153 Å². The van der Waals surface area contributed by atoms with E-state index >= 15 is 0 Å². The maximum Gasteiger partial charge on any atom is 0.244 e. The third-order valence-electron chi connectivity index (χ3n) is 4.40. The number of aromatic nitrogens is 2. The number of benzene rings is 1. The van der Waals surface area contributed by atoms with E-state index in [9.17, 15) is 9.59 Å². The molecule has 2 aromatic rings. The molecule has 1 fully saturated rings. The lowest BCUT2D eigenvalue weighted by atomic mass is 10.2. The van der Waals surface area contributed by atoms with Crippen LogP contribution in [0.5, 0.6) is 0 Å². The molecule has 0 saturated carbocycles. The summed E-state index contributed by atoms with van der Waals surface area (Å²) in [5.41, 5.74) is 1.82. The number of amides is 2. The van der Waals surface area contributed by atoms with Gasteiger partial charge in [-0.05, 0) is 31.1 Å². The molecule has 2 amide bonds. The van der Waals surface area contributed by atoms with Gasteiger partial charge in [-0.2, -0.15) is 5.10 Å². The van der Waals surface area contributed by atoms with Gasteiger partial charge in [0.05, 0.1) is 11.9 Å². The average molecular weight is 352 g/mol. The van der Waals surface area contributed by atoms with Crippen molar-refractivity contribution in [1.82, 2.24) is 20.0 Å². The smallest absolute Gasteiger partial charge is 0.244 e. The molecule has 26 heavy (non-hydrogen) atoms. The number of nitrogens with zero attached hydrogens (tertiary/aromatic N) is 3. The fourth-order valence-electron chi connectivity index (χ4n) is 2.96. The second-order valence-corrected chi connectivity index (χ2v) is 6.37. The summed E-state index contributed by atoms with van der Waals surface area (Å²) in [5, 5.41) is 7.13. The summed E-state index contributed by atoms with van der Waals surface area (Å²) >= 11 is 0. The van der Waals surface area contributed by atoms with Crippen molar-refractivity contribution < 1.29 is 9.59 Å². The molecular weight excluding hydrogens is 328 g/mol. The lowest BCUT2D eigenvalue weighted by Gasteiger charge is -2.20. The minimum Gasteiger partial charge on any atom is -0.351 e. The summed E-state index contributed by atoms with van der Waals surface area (Å²) in [6.07, 6.45) is 10.6. The minimum absolute atomic E-state index is 0.167. The largest absolute Gasteiger partial charge is 0.351 e. The van der Waals surface area contributed by atoms with Crippen LogP contribution in [0.1, 0.15) is 31.2 Å². The summed E-state index contributed by atoms with van der Waals surface area (Å²) < 4.78 is 1.77. The first-order chi connectivity index (χ1) is 12.7. The molecular formula is C20H24N4O2. The number of likely N-dealkylation sites (tertiary alicyclic amines) is 1. The zero-order chi connectivity index (χ0) is 18.2. The van der Waals surface area contributed by atoms with Gasteiger partial charge in [0.2, 0.25) is 11.8 Å². The molecule has 0 unspecified atom stereocenters. The number of nitrogens with one attached hydrogen (secondary N) is 1. The molecule has 1 aromatic heterocycles. The summed E-state index contributed by atoms with van der Waals surface area (Å²) in [6.45, 7) is 1.84. The van der Waals surface area contributed by atoms with Gasteiger partial charge in [0.1, 0.15) is 0 Å². The fourth-order valence-corrected chi connectivity index (χ4v) is 2.96. The predicted octanol–water partition coefficient (Wildman–Crippen LogP) is 2.40. The molecule has 0 bridgehead atoms. The van der Waals surface area contributed by atoms with Crippen LogP contribution in [0.2, 0.25) is 0 Å². The molecule has 136 valence electrons. The van der Waals surface area contributed by atoms with Gasteiger partial charge < -0.3 is 10.2 Å². The van der Waals surface area contributed by atoms with Crippen LogP contribution in [0, 0.1) is 0 Å². The van der Waals surface area contributed by atoms with Crippen LogP contribution < -0.4 is 5.32 Å². The topological polar surface area (TPSA) is 67.2 Å². The molecule has 1 saturated heterocycles. The van der Waals surface area contributed by atoms with E-state index in [-0.39, 0.29) is 11.8 Å². The molecule has 1 aromatic carbocycles. The highest BCUT2D eigenvalue weighted by Crippen LogP contribution is 2.10. The van der Waals surface area contributed by atoms with Crippen molar-refractivity contribution in [2.45, 2.75) is 25.7 Å². The highest BCUT2D eigenvalue weighted by atomic mass is 16.2. The Morgan fingerprint density at radius 3 is 2.88 bits per heavy atom. The third kappa shape index (κ3) is 5.05. The van der Waals surface area contributed by atoms with Crippen molar-refractivity contribution in [3.05, 3.63) is 54.4 Å².